The first-order valence-electron chi connectivity index (χ1n) is 5.86. The van der Waals surface area contributed by atoms with Crippen LogP contribution in [-0.2, 0) is 6.54 Å². The highest BCUT2D eigenvalue weighted by Gasteiger charge is 2.22. The molecule has 0 spiro atoms. The maximum atomic E-state index is 6.10. The number of nitrogens with two attached hydrogens (primary N) is 1. The van der Waals surface area contributed by atoms with E-state index in [-0.39, 0.29) is 0 Å². The number of nitrogens with zero attached hydrogens (tertiary/aromatic N) is 1. The van der Waals surface area contributed by atoms with E-state index in [2.05, 4.69) is 17.2 Å². The number of piperidine rings is 1. The fraction of sp³-hybridized carbons (Fsp3) is 0.667. The summed E-state index contributed by atoms with van der Waals surface area (Å²) < 4.78 is 0. The zero-order valence-electron chi connectivity index (χ0n) is 9.66. The van der Waals surface area contributed by atoms with Gasteiger partial charge in [0, 0.05) is 17.5 Å². The van der Waals surface area contributed by atoms with Crippen molar-refractivity contribution in [2.45, 2.75) is 32.4 Å². The molecule has 4 heteroatoms. The summed E-state index contributed by atoms with van der Waals surface area (Å²) in [5.74, 6) is 0.704. The predicted molar refractivity (Wildman–Crippen MR) is 71.0 cm³/mol. The lowest BCUT2D eigenvalue weighted by Gasteiger charge is -2.33. The first kappa shape index (κ1) is 12.4. The van der Waals surface area contributed by atoms with E-state index in [0.717, 1.165) is 24.7 Å². The molecule has 16 heavy (non-hydrogen) atoms. The fourth-order valence-corrected chi connectivity index (χ4v) is 3.42. The Hall–Kier alpha value is -0.0900. The summed E-state index contributed by atoms with van der Waals surface area (Å²) in [6, 6.07) is 2.32. The fourth-order valence-electron chi connectivity index (χ4n) is 2.28. The Bertz CT molecular complexity index is 330. The van der Waals surface area contributed by atoms with E-state index in [1.54, 1.807) is 11.3 Å². The van der Waals surface area contributed by atoms with Crippen LogP contribution >= 0.6 is 22.9 Å². The van der Waals surface area contributed by atoms with Gasteiger partial charge in [0.1, 0.15) is 0 Å². The molecule has 90 valence electrons. The number of likely N-dealkylation sites (tertiary alicyclic amines) is 1. The van der Waals surface area contributed by atoms with E-state index in [0.29, 0.717) is 12.0 Å². The van der Waals surface area contributed by atoms with E-state index >= 15 is 0 Å². The molecule has 0 aliphatic carbocycles. The minimum absolute atomic E-state index is 0.340. The molecule has 1 saturated heterocycles. The van der Waals surface area contributed by atoms with Gasteiger partial charge in [-0.05, 0) is 50.2 Å². The highest BCUT2D eigenvalue weighted by atomic mass is 35.5. The van der Waals surface area contributed by atoms with Crippen molar-refractivity contribution in [3.05, 3.63) is 21.3 Å². The van der Waals surface area contributed by atoms with Gasteiger partial charge in [0.15, 0.2) is 0 Å². The van der Waals surface area contributed by atoms with Crippen LogP contribution in [0.1, 0.15) is 24.6 Å². The summed E-state index contributed by atoms with van der Waals surface area (Å²) in [7, 11) is 0. The Balaban J connectivity index is 1.84. The van der Waals surface area contributed by atoms with Gasteiger partial charge in [0.05, 0.1) is 5.02 Å². The zero-order valence-corrected chi connectivity index (χ0v) is 11.2. The molecular weight excluding hydrogens is 240 g/mol. The van der Waals surface area contributed by atoms with Gasteiger partial charge in [0.2, 0.25) is 0 Å². The monoisotopic (exact) mass is 258 g/mol. The summed E-state index contributed by atoms with van der Waals surface area (Å²) in [5.41, 5.74) is 5.94. The Kier molecular flexibility index (Phi) is 4.25. The van der Waals surface area contributed by atoms with Gasteiger partial charge >= 0.3 is 0 Å². The second kappa shape index (κ2) is 5.50. The molecule has 2 rings (SSSR count). The van der Waals surface area contributed by atoms with E-state index in [1.807, 2.05) is 6.07 Å². The molecule has 1 unspecified atom stereocenters. The van der Waals surface area contributed by atoms with Crippen LogP contribution in [0, 0.1) is 5.92 Å². The van der Waals surface area contributed by atoms with Crippen LogP contribution < -0.4 is 5.73 Å². The summed E-state index contributed by atoms with van der Waals surface area (Å²) in [6.45, 7) is 5.43. The second-order valence-corrected chi connectivity index (χ2v) is 6.07. The third-order valence-corrected chi connectivity index (χ3v) is 4.81. The number of hydrogen-bond acceptors (Lipinski definition) is 3. The summed E-state index contributed by atoms with van der Waals surface area (Å²) >= 11 is 7.85. The van der Waals surface area contributed by atoms with Crippen LogP contribution in [0.2, 0.25) is 5.02 Å². The minimum atomic E-state index is 0.340. The molecular formula is C12H19ClN2S. The molecule has 2 heterocycles. The molecule has 2 N–H and O–H groups in total. The Morgan fingerprint density at radius 3 is 2.75 bits per heavy atom. The van der Waals surface area contributed by atoms with Gasteiger partial charge < -0.3 is 5.73 Å². The zero-order chi connectivity index (χ0) is 11.5. The molecule has 1 fully saturated rings. The van der Waals surface area contributed by atoms with Crippen molar-refractivity contribution in [3.63, 3.8) is 0 Å². The number of halogens is 1. The van der Waals surface area contributed by atoms with Gasteiger partial charge in [-0.2, -0.15) is 0 Å². The second-order valence-electron chi connectivity index (χ2n) is 4.66. The van der Waals surface area contributed by atoms with E-state index in [1.165, 1.54) is 17.7 Å². The maximum Gasteiger partial charge on any atom is 0.0558 e. The van der Waals surface area contributed by atoms with Gasteiger partial charge in [-0.25, -0.2) is 0 Å². The SMILES string of the molecule is CC(N)C1CCN(Cc2sccc2Cl)CC1. The van der Waals surface area contributed by atoms with Crippen molar-refractivity contribution in [2.24, 2.45) is 11.7 Å². The Morgan fingerprint density at radius 1 is 1.56 bits per heavy atom. The summed E-state index contributed by atoms with van der Waals surface area (Å²) in [4.78, 5) is 3.78. The molecule has 0 aromatic carbocycles. The molecule has 1 atom stereocenters. The standard InChI is InChI=1S/C12H19ClN2S/c1-9(14)10-2-5-15(6-3-10)8-12-11(13)4-7-16-12/h4,7,9-10H,2-3,5-6,8,14H2,1H3. The van der Waals surface area contributed by atoms with Crippen molar-refractivity contribution < 1.29 is 0 Å². The molecule has 1 aliphatic heterocycles. The number of rotatable bonds is 3. The van der Waals surface area contributed by atoms with Crippen molar-refractivity contribution >= 4 is 22.9 Å². The van der Waals surface area contributed by atoms with Crippen LogP contribution in [0.25, 0.3) is 0 Å². The van der Waals surface area contributed by atoms with Crippen LogP contribution in [0.15, 0.2) is 11.4 Å². The molecule has 1 aromatic heterocycles. The summed E-state index contributed by atoms with van der Waals surface area (Å²) in [5, 5.41) is 2.98. The smallest absolute Gasteiger partial charge is 0.0558 e. The van der Waals surface area contributed by atoms with Gasteiger partial charge in [0.25, 0.3) is 0 Å². The van der Waals surface area contributed by atoms with Crippen LogP contribution in [0.4, 0.5) is 0 Å². The van der Waals surface area contributed by atoms with Crippen LogP contribution in [-0.4, -0.2) is 24.0 Å². The Labute approximate surface area is 106 Å². The maximum absolute atomic E-state index is 6.10. The lowest BCUT2D eigenvalue weighted by atomic mass is 9.91. The lowest BCUT2D eigenvalue weighted by Crippen LogP contribution is -2.39. The summed E-state index contributed by atoms with van der Waals surface area (Å²) in [6.07, 6.45) is 2.45. The first-order valence-corrected chi connectivity index (χ1v) is 7.12. The van der Waals surface area contributed by atoms with Crippen LogP contribution in [0.5, 0.6) is 0 Å². The van der Waals surface area contributed by atoms with E-state index in [9.17, 15) is 0 Å². The highest BCUT2D eigenvalue weighted by molar-refractivity contribution is 7.10. The van der Waals surface area contributed by atoms with Gasteiger partial charge in [-0.3, -0.25) is 4.90 Å². The van der Waals surface area contributed by atoms with E-state index in [4.69, 9.17) is 17.3 Å². The molecule has 1 aromatic rings. The topological polar surface area (TPSA) is 29.3 Å². The van der Waals surface area contributed by atoms with Crippen molar-refractivity contribution in [3.8, 4) is 0 Å². The molecule has 0 bridgehead atoms. The molecule has 2 nitrogen and oxygen atoms in total. The van der Waals surface area contributed by atoms with Gasteiger partial charge in [-0.15, -0.1) is 11.3 Å². The number of hydrogen-bond donors (Lipinski definition) is 1. The van der Waals surface area contributed by atoms with Crippen molar-refractivity contribution in [2.75, 3.05) is 13.1 Å². The third-order valence-electron chi connectivity index (χ3n) is 3.43. The molecule has 0 radical (unpaired) electrons. The minimum Gasteiger partial charge on any atom is -0.328 e. The van der Waals surface area contributed by atoms with Crippen molar-refractivity contribution in [1.29, 1.82) is 0 Å². The largest absolute Gasteiger partial charge is 0.328 e. The average molecular weight is 259 g/mol. The molecule has 0 amide bonds. The lowest BCUT2D eigenvalue weighted by molar-refractivity contribution is 0.167. The van der Waals surface area contributed by atoms with Crippen molar-refractivity contribution in [1.82, 2.24) is 4.90 Å². The quantitative estimate of drug-likeness (QED) is 0.903. The van der Waals surface area contributed by atoms with Crippen LogP contribution in [0.3, 0.4) is 0 Å². The number of thiophene rings is 1. The van der Waals surface area contributed by atoms with E-state index < -0.39 is 0 Å². The normalized spacial score (nSPS) is 21.2. The molecule has 1 aliphatic rings. The predicted octanol–water partition coefficient (Wildman–Crippen LogP) is 2.96. The highest BCUT2D eigenvalue weighted by Crippen LogP contribution is 2.26. The third kappa shape index (κ3) is 2.98. The average Bonchev–Trinajstić information content (AvgIpc) is 2.65. The molecule has 0 saturated carbocycles. The van der Waals surface area contributed by atoms with Gasteiger partial charge in [-0.1, -0.05) is 11.6 Å². The Morgan fingerprint density at radius 2 is 2.25 bits per heavy atom. The first-order chi connectivity index (χ1) is 7.66.